The van der Waals surface area contributed by atoms with Gasteiger partial charge in [-0.2, -0.15) is 4.31 Å². The van der Waals surface area contributed by atoms with E-state index in [-0.39, 0.29) is 10.8 Å². The van der Waals surface area contributed by atoms with Gasteiger partial charge in [0.25, 0.3) is 0 Å². The molecule has 0 aromatic heterocycles. The molecule has 0 N–H and O–H groups in total. The summed E-state index contributed by atoms with van der Waals surface area (Å²) in [5.74, 6) is 0.643. The second-order valence-corrected chi connectivity index (χ2v) is 9.40. The monoisotopic (exact) mass is 430 g/mol. The Bertz CT molecular complexity index is 1050. The summed E-state index contributed by atoms with van der Waals surface area (Å²) < 4.78 is 38.6. The van der Waals surface area contributed by atoms with Gasteiger partial charge in [-0.3, -0.25) is 4.79 Å². The number of methoxy groups -OCH3 is 2. The van der Waals surface area contributed by atoms with Crippen LogP contribution in [0.15, 0.2) is 47.4 Å². The summed E-state index contributed by atoms with van der Waals surface area (Å²) in [7, 11) is -0.896. The third-order valence-corrected chi connectivity index (χ3v) is 7.73. The lowest BCUT2D eigenvalue weighted by atomic mass is 10.0. The average molecular weight is 431 g/mol. The summed E-state index contributed by atoms with van der Waals surface area (Å²) in [6.45, 7) is 0.930. The van der Waals surface area contributed by atoms with Crippen LogP contribution in [-0.4, -0.2) is 52.0 Å². The number of anilines is 1. The number of sulfonamides is 1. The lowest BCUT2D eigenvalue weighted by molar-refractivity contribution is -0.121. The van der Waals surface area contributed by atoms with Crippen molar-refractivity contribution < 1.29 is 22.7 Å². The molecule has 0 spiro atoms. The first-order valence-corrected chi connectivity index (χ1v) is 11.5. The maximum absolute atomic E-state index is 13.5. The lowest BCUT2D eigenvalue weighted by Crippen LogP contribution is -2.49. The van der Waals surface area contributed by atoms with Gasteiger partial charge in [0.2, 0.25) is 15.9 Å². The van der Waals surface area contributed by atoms with E-state index in [4.69, 9.17) is 9.47 Å². The van der Waals surface area contributed by atoms with Crippen molar-refractivity contribution in [2.75, 3.05) is 32.2 Å². The molecular formula is C22H26N2O5S. The molecule has 4 rings (SSSR count). The van der Waals surface area contributed by atoms with E-state index in [2.05, 4.69) is 0 Å². The number of carbonyl (C=O) groups excluding carboxylic acids is 1. The van der Waals surface area contributed by atoms with E-state index in [0.717, 1.165) is 24.1 Å². The molecule has 160 valence electrons. The van der Waals surface area contributed by atoms with Crippen LogP contribution in [0, 0.1) is 0 Å². The van der Waals surface area contributed by atoms with E-state index in [0.29, 0.717) is 37.4 Å². The van der Waals surface area contributed by atoms with Gasteiger partial charge < -0.3 is 14.4 Å². The first kappa shape index (κ1) is 20.7. The van der Waals surface area contributed by atoms with Crippen LogP contribution >= 0.6 is 0 Å². The third-order valence-electron chi connectivity index (χ3n) is 5.83. The van der Waals surface area contributed by atoms with Crippen molar-refractivity contribution in [3.05, 3.63) is 48.0 Å². The minimum absolute atomic E-state index is 0.0962. The van der Waals surface area contributed by atoms with Crippen molar-refractivity contribution in [3.63, 3.8) is 0 Å². The molecule has 1 amide bonds. The Morgan fingerprint density at radius 3 is 2.53 bits per heavy atom. The third kappa shape index (κ3) is 3.54. The molecule has 2 aliphatic rings. The number of benzene rings is 2. The zero-order valence-corrected chi connectivity index (χ0v) is 18.0. The predicted molar refractivity (Wildman–Crippen MR) is 114 cm³/mol. The van der Waals surface area contributed by atoms with E-state index in [1.165, 1.54) is 30.7 Å². The number of hydrogen-bond donors (Lipinski definition) is 0. The second-order valence-electron chi connectivity index (χ2n) is 7.51. The van der Waals surface area contributed by atoms with E-state index in [1.807, 2.05) is 24.3 Å². The van der Waals surface area contributed by atoms with Crippen molar-refractivity contribution in [3.8, 4) is 11.5 Å². The highest BCUT2D eigenvalue weighted by molar-refractivity contribution is 7.89. The second kappa shape index (κ2) is 8.28. The van der Waals surface area contributed by atoms with Gasteiger partial charge in [0.15, 0.2) is 11.5 Å². The Labute approximate surface area is 177 Å². The van der Waals surface area contributed by atoms with Crippen LogP contribution in [-0.2, 0) is 21.2 Å². The number of nitrogens with zero attached hydrogens (tertiary/aromatic N) is 2. The molecule has 0 radical (unpaired) electrons. The fourth-order valence-corrected chi connectivity index (χ4v) is 6.00. The van der Waals surface area contributed by atoms with Crippen molar-refractivity contribution in [1.82, 2.24) is 4.31 Å². The maximum atomic E-state index is 13.5. The largest absolute Gasteiger partial charge is 0.493 e. The molecule has 0 aliphatic carbocycles. The minimum atomic E-state index is -3.86. The minimum Gasteiger partial charge on any atom is -0.493 e. The number of amides is 1. The molecule has 30 heavy (non-hydrogen) atoms. The van der Waals surface area contributed by atoms with E-state index >= 15 is 0 Å². The zero-order valence-electron chi connectivity index (χ0n) is 17.2. The van der Waals surface area contributed by atoms with Crippen LogP contribution in [0.25, 0.3) is 0 Å². The van der Waals surface area contributed by atoms with E-state index in [1.54, 1.807) is 11.0 Å². The highest BCUT2D eigenvalue weighted by Gasteiger charge is 2.42. The summed E-state index contributed by atoms with van der Waals surface area (Å²) in [4.78, 5) is 15.3. The Hall–Kier alpha value is -2.58. The first-order valence-electron chi connectivity index (χ1n) is 10.1. The van der Waals surface area contributed by atoms with Gasteiger partial charge in [-0.25, -0.2) is 8.42 Å². The highest BCUT2D eigenvalue weighted by atomic mass is 32.2. The number of carbonyl (C=O) groups is 1. The Morgan fingerprint density at radius 1 is 1.00 bits per heavy atom. The fraction of sp³-hybridized carbons (Fsp3) is 0.409. The molecule has 0 saturated carbocycles. The van der Waals surface area contributed by atoms with Gasteiger partial charge in [0, 0.05) is 24.8 Å². The van der Waals surface area contributed by atoms with Crippen LogP contribution in [0.1, 0.15) is 24.8 Å². The quantitative estimate of drug-likeness (QED) is 0.729. The normalized spacial score (nSPS) is 19.4. The lowest BCUT2D eigenvalue weighted by Gasteiger charge is -2.33. The number of fused-ring (bicyclic) bond motifs is 1. The summed E-state index contributed by atoms with van der Waals surface area (Å²) in [5.41, 5.74) is 2.02. The number of hydrogen-bond acceptors (Lipinski definition) is 5. The topological polar surface area (TPSA) is 76.2 Å². The van der Waals surface area contributed by atoms with Crippen LogP contribution in [0.2, 0.25) is 0 Å². The molecule has 2 heterocycles. The van der Waals surface area contributed by atoms with Crippen LogP contribution in [0.5, 0.6) is 11.5 Å². The smallest absolute Gasteiger partial charge is 0.245 e. The number of rotatable bonds is 5. The Kier molecular flexibility index (Phi) is 5.71. The molecule has 2 aromatic rings. The maximum Gasteiger partial charge on any atom is 0.245 e. The van der Waals surface area contributed by atoms with Gasteiger partial charge in [-0.05, 0) is 49.4 Å². The standard InChI is InChI=1S/C22H26N2O5S/c1-28-20-12-11-17(15-21(20)29-2)30(26,27)24-14-6-10-19(24)22(25)23-13-5-8-16-7-3-4-9-18(16)23/h3-4,7,9,11-12,15,19H,5-6,8,10,13-14H2,1-2H3. The number of aryl methyl sites for hydroxylation is 1. The zero-order chi connectivity index (χ0) is 21.3. The van der Waals surface area contributed by atoms with Gasteiger partial charge in [0.05, 0.1) is 19.1 Å². The fourth-order valence-electron chi connectivity index (χ4n) is 4.33. The number of ether oxygens (including phenoxy) is 2. The van der Waals surface area contributed by atoms with E-state index in [9.17, 15) is 13.2 Å². The summed E-state index contributed by atoms with van der Waals surface area (Å²) in [6.07, 6.45) is 2.97. The SMILES string of the molecule is COc1ccc(S(=O)(=O)N2CCCC2C(=O)N2CCCc3ccccc32)cc1OC. The molecule has 0 bridgehead atoms. The van der Waals surface area contributed by atoms with Gasteiger partial charge in [0.1, 0.15) is 6.04 Å². The number of para-hydroxylation sites is 1. The van der Waals surface area contributed by atoms with Gasteiger partial charge >= 0.3 is 0 Å². The van der Waals surface area contributed by atoms with Crippen molar-refractivity contribution >= 4 is 21.6 Å². The molecule has 7 nitrogen and oxygen atoms in total. The van der Waals surface area contributed by atoms with Crippen LogP contribution < -0.4 is 14.4 Å². The van der Waals surface area contributed by atoms with Crippen molar-refractivity contribution in [2.45, 2.75) is 36.6 Å². The van der Waals surface area contributed by atoms with E-state index < -0.39 is 16.1 Å². The molecule has 1 saturated heterocycles. The van der Waals surface area contributed by atoms with Crippen molar-refractivity contribution in [1.29, 1.82) is 0 Å². The Morgan fingerprint density at radius 2 is 1.77 bits per heavy atom. The van der Waals surface area contributed by atoms with Crippen LogP contribution in [0.3, 0.4) is 0 Å². The molecule has 8 heteroatoms. The molecule has 1 unspecified atom stereocenters. The summed E-state index contributed by atoms with van der Waals surface area (Å²) in [6, 6.07) is 11.7. The predicted octanol–water partition coefficient (Wildman–Crippen LogP) is 2.84. The molecule has 2 aliphatic heterocycles. The highest BCUT2D eigenvalue weighted by Crippen LogP contribution is 2.35. The summed E-state index contributed by atoms with van der Waals surface area (Å²) in [5, 5.41) is 0. The first-order chi connectivity index (χ1) is 14.5. The molecule has 1 fully saturated rings. The average Bonchev–Trinajstić information content (AvgIpc) is 3.28. The van der Waals surface area contributed by atoms with Gasteiger partial charge in [-0.15, -0.1) is 0 Å². The summed E-state index contributed by atoms with van der Waals surface area (Å²) >= 11 is 0. The van der Waals surface area contributed by atoms with Crippen LogP contribution in [0.4, 0.5) is 5.69 Å². The van der Waals surface area contributed by atoms with Crippen molar-refractivity contribution in [2.24, 2.45) is 0 Å². The molecule has 1 atom stereocenters. The molecular weight excluding hydrogens is 404 g/mol. The van der Waals surface area contributed by atoms with Gasteiger partial charge in [-0.1, -0.05) is 18.2 Å². The molecule has 2 aromatic carbocycles. The Balaban J connectivity index is 1.65.